The molecule has 0 fully saturated rings. The summed E-state index contributed by atoms with van der Waals surface area (Å²) in [7, 11) is -3.44. The van der Waals surface area contributed by atoms with Crippen molar-refractivity contribution < 1.29 is 18.4 Å². The first-order valence-corrected chi connectivity index (χ1v) is 8.12. The highest BCUT2D eigenvalue weighted by molar-refractivity contribution is 7.92. The SMILES string of the molecule is CC(C(=O)N1CC/C(=N/O)c2ccccc21)S(C)(=O)=O. The number of rotatable bonds is 2. The van der Waals surface area contributed by atoms with Crippen molar-refractivity contribution in [2.75, 3.05) is 17.7 Å². The molecule has 1 aliphatic heterocycles. The Bertz CT molecular complexity index is 667. The molecule has 1 unspecified atom stereocenters. The van der Waals surface area contributed by atoms with E-state index in [-0.39, 0.29) is 0 Å². The van der Waals surface area contributed by atoms with E-state index in [1.807, 2.05) is 0 Å². The van der Waals surface area contributed by atoms with Gasteiger partial charge in [0.2, 0.25) is 5.91 Å². The first-order chi connectivity index (χ1) is 9.36. The molecular weight excluding hydrogens is 280 g/mol. The topological polar surface area (TPSA) is 87.0 Å². The molecular formula is C13H16N2O4S. The third kappa shape index (κ3) is 2.53. The van der Waals surface area contributed by atoms with E-state index in [9.17, 15) is 13.2 Å². The maximum absolute atomic E-state index is 12.3. The van der Waals surface area contributed by atoms with Crippen LogP contribution in [-0.2, 0) is 14.6 Å². The molecule has 7 heteroatoms. The summed E-state index contributed by atoms with van der Waals surface area (Å²) in [5.74, 6) is -0.461. The van der Waals surface area contributed by atoms with Gasteiger partial charge in [-0.25, -0.2) is 8.42 Å². The Hall–Kier alpha value is -1.89. The molecule has 0 aromatic heterocycles. The van der Waals surface area contributed by atoms with Crippen LogP contribution in [0.1, 0.15) is 18.9 Å². The largest absolute Gasteiger partial charge is 0.411 e. The second kappa shape index (κ2) is 5.24. The number of para-hydroxylation sites is 1. The summed E-state index contributed by atoms with van der Waals surface area (Å²) >= 11 is 0. The van der Waals surface area contributed by atoms with E-state index < -0.39 is 21.0 Å². The molecule has 20 heavy (non-hydrogen) atoms. The van der Waals surface area contributed by atoms with E-state index in [1.165, 1.54) is 11.8 Å². The molecule has 0 saturated carbocycles. The van der Waals surface area contributed by atoms with Gasteiger partial charge in [-0.2, -0.15) is 0 Å². The summed E-state index contributed by atoms with van der Waals surface area (Å²) in [6.07, 6.45) is 1.43. The fourth-order valence-corrected chi connectivity index (χ4v) is 2.65. The summed E-state index contributed by atoms with van der Waals surface area (Å²) in [5.41, 5.74) is 1.72. The number of nitrogens with zero attached hydrogens (tertiary/aromatic N) is 2. The number of benzene rings is 1. The predicted octanol–water partition coefficient (Wildman–Crippen LogP) is 1.03. The zero-order valence-corrected chi connectivity index (χ0v) is 12.1. The van der Waals surface area contributed by atoms with Gasteiger partial charge in [0.15, 0.2) is 9.84 Å². The number of fused-ring (bicyclic) bond motifs is 1. The number of hydrogen-bond donors (Lipinski definition) is 1. The second-order valence-corrected chi connectivity index (χ2v) is 7.14. The van der Waals surface area contributed by atoms with Crippen LogP contribution < -0.4 is 4.90 Å². The molecule has 1 aromatic carbocycles. The second-order valence-electron chi connectivity index (χ2n) is 4.78. The molecule has 1 N–H and O–H groups in total. The molecule has 108 valence electrons. The maximum Gasteiger partial charge on any atom is 0.245 e. The van der Waals surface area contributed by atoms with Crippen LogP contribution in [0.3, 0.4) is 0 Å². The van der Waals surface area contributed by atoms with Gasteiger partial charge in [0, 0.05) is 24.8 Å². The molecule has 1 heterocycles. The average Bonchev–Trinajstić information content (AvgIpc) is 2.43. The van der Waals surface area contributed by atoms with Gasteiger partial charge in [0.05, 0.1) is 11.4 Å². The van der Waals surface area contributed by atoms with Crippen molar-refractivity contribution in [2.45, 2.75) is 18.6 Å². The molecule has 1 aromatic rings. The molecule has 1 amide bonds. The van der Waals surface area contributed by atoms with Gasteiger partial charge in [-0.05, 0) is 13.0 Å². The van der Waals surface area contributed by atoms with E-state index in [1.54, 1.807) is 24.3 Å². The highest BCUT2D eigenvalue weighted by Gasteiger charge is 2.33. The minimum absolute atomic E-state index is 0.301. The minimum Gasteiger partial charge on any atom is -0.411 e. The molecule has 0 spiro atoms. The summed E-state index contributed by atoms with van der Waals surface area (Å²) in [6.45, 7) is 1.69. The average molecular weight is 296 g/mol. The van der Waals surface area contributed by atoms with Crippen molar-refractivity contribution in [3.05, 3.63) is 29.8 Å². The summed E-state index contributed by atoms with van der Waals surface area (Å²) < 4.78 is 23.1. The van der Waals surface area contributed by atoms with E-state index in [2.05, 4.69) is 5.16 Å². The maximum atomic E-state index is 12.3. The van der Waals surface area contributed by atoms with Gasteiger partial charge in [-0.15, -0.1) is 0 Å². The normalized spacial score (nSPS) is 18.7. The summed E-state index contributed by atoms with van der Waals surface area (Å²) in [4.78, 5) is 13.8. The fourth-order valence-electron chi connectivity index (χ4n) is 2.16. The third-order valence-electron chi connectivity index (χ3n) is 3.45. The lowest BCUT2D eigenvalue weighted by atomic mass is 9.99. The quantitative estimate of drug-likeness (QED) is 0.652. The molecule has 1 atom stereocenters. The number of carbonyl (C=O) groups is 1. The van der Waals surface area contributed by atoms with E-state index in [0.717, 1.165) is 6.26 Å². The van der Waals surface area contributed by atoms with E-state index >= 15 is 0 Å². The standard InChI is InChI=1S/C13H16N2O4S/c1-9(20(2,18)19)13(16)15-8-7-11(14-17)10-5-3-4-6-12(10)15/h3-6,9,17H,7-8H2,1-2H3/b14-11-. The van der Waals surface area contributed by atoms with Gasteiger partial charge in [-0.1, -0.05) is 23.4 Å². The summed E-state index contributed by atoms with van der Waals surface area (Å²) in [6, 6.07) is 6.99. The van der Waals surface area contributed by atoms with Crippen molar-refractivity contribution in [3.63, 3.8) is 0 Å². The smallest absolute Gasteiger partial charge is 0.245 e. The van der Waals surface area contributed by atoms with Crippen LogP contribution in [0.5, 0.6) is 0 Å². The summed E-state index contributed by atoms with van der Waals surface area (Å²) in [5, 5.41) is 11.1. The number of oxime groups is 1. The van der Waals surface area contributed by atoms with Gasteiger partial charge < -0.3 is 10.1 Å². The van der Waals surface area contributed by atoms with E-state index in [4.69, 9.17) is 5.21 Å². The Morgan fingerprint density at radius 3 is 2.65 bits per heavy atom. The highest BCUT2D eigenvalue weighted by Crippen LogP contribution is 2.28. The molecule has 0 saturated heterocycles. The van der Waals surface area contributed by atoms with Crippen molar-refractivity contribution in [2.24, 2.45) is 5.16 Å². The highest BCUT2D eigenvalue weighted by atomic mass is 32.2. The Balaban J connectivity index is 2.43. The van der Waals surface area contributed by atoms with Gasteiger partial charge >= 0.3 is 0 Å². The minimum atomic E-state index is -3.44. The van der Waals surface area contributed by atoms with Crippen molar-refractivity contribution in [1.29, 1.82) is 0 Å². The van der Waals surface area contributed by atoms with Crippen LogP contribution in [-0.4, -0.2) is 43.3 Å². The molecule has 0 bridgehead atoms. The zero-order valence-electron chi connectivity index (χ0n) is 11.3. The molecule has 0 radical (unpaired) electrons. The number of sulfone groups is 1. The zero-order chi connectivity index (χ0) is 14.9. The first-order valence-electron chi connectivity index (χ1n) is 6.17. The lowest BCUT2D eigenvalue weighted by molar-refractivity contribution is -0.118. The Kier molecular flexibility index (Phi) is 3.80. The third-order valence-corrected chi connectivity index (χ3v) is 4.94. The number of amides is 1. The first kappa shape index (κ1) is 14.5. The van der Waals surface area contributed by atoms with Gasteiger partial charge in [0.25, 0.3) is 0 Å². The number of hydrogen-bond acceptors (Lipinski definition) is 5. The van der Waals surface area contributed by atoms with Crippen LogP contribution in [0, 0.1) is 0 Å². The van der Waals surface area contributed by atoms with Crippen LogP contribution in [0.4, 0.5) is 5.69 Å². The Morgan fingerprint density at radius 2 is 2.05 bits per heavy atom. The lowest BCUT2D eigenvalue weighted by Gasteiger charge is -2.31. The fraction of sp³-hybridized carbons (Fsp3) is 0.385. The van der Waals surface area contributed by atoms with Crippen LogP contribution in [0.25, 0.3) is 0 Å². The van der Waals surface area contributed by atoms with Gasteiger partial charge in [0.1, 0.15) is 5.25 Å². The van der Waals surface area contributed by atoms with E-state index in [0.29, 0.717) is 29.9 Å². The molecule has 2 rings (SSSR count). The van der Waals surface area contributed by atoms with Crippen LogP contribution >= 0.6 is 0 Å². The van der Waals surface area contributed by atoms with Crippen molar-refractivity contribution in [1.82, 2.24) is 0 Å². The van der Waals surface area contributed by atoms with Crippen molar-refractivity contribution >= 4 is 27.1 Å². The Morgan fingerprint density at radius 1 is 1.40 bits per heavy atom. The van der Waals surface area contributed by atoms with Gasteiger partial charge in [-0.3, -0.25) is 4.79 Å². The van der Waals surface area contributed by atoms with Crippen molar-refractivity contribution in [3.8, 4) is 0 Å². The molecule has 6 nitrogen and oxygen atoms in total. The monoisotopic (exact) mass is 296 g/mol. The molecule has 1 aliphatic rings. The van der Waals surface area contributed by atoms with Crippen LogP contribution in [0.15, 0.2) is 29.4 Å². The lowest BCUT2D eigenvalue weighted by Crippen LogP contribution is -2.44. The predicted molar refractivity (Wildman–Crippen MR) is 76.0 cm³/mol. The molecule has 0 aliphatic carbocycles. The number of anilines is 1. The Labute approximate surface area is 117 Å². The van der Waals surface area contributed by atoms with Crippen LogP contribution in [0.2, 0.25) is 0 Å². The number of carbonyl (C=O) groups excluding carboxylic acids is 1.